The van der Waals surface area contributed by atoms with Gasteiger partial charge in [0.25, 0.3) is 0 Å². The van der Waals surface area contributed by atoms with E-state index in [1.807, 2.05) is 0 Å². The number of allylic oxidation sites excluding steroid dienone is 6. The van der Waals surface area contributed by atoms with Gasteiger partial charge in [0.05, 0.1) is 0 Å². The van der Waals surface area contributed by atoms with Crippen molar-refractivity contribution >= 4 is 0 Å². The summed E-state index contributed by atoms with van der Waals surface area (Å²) >= 11 is 0. The van der Waals surface area contributed by atoms with Crippen LogP contribution in [0.2, 0.25) is 0 Å². The second kappa shape index (κ2) is 4.84. The van der Waals surface area contributed by atoms with E-state index in [9.17, 15) is 0 Å². The summed E-state index contributed by atoms with van der Waals surface area (Å²) < 4.78 is 0. The van der Waals surface area contributed by atoms with Crippen LogP contribution in [0.15, 0.2) is 46.6 Å². The summed E-state index contributed by atoms with van der Waals surface area (Å²) in [6, 6.07) is 0. The van der Waals surface area contributed by atoms with Gasteiger partial charge in [-0.1, -0.05) is 29.9 Å². The predicted octanol–water partition coefficient (Wildman–Crippen LogP) is 3.47. The van der Waals surface area contributed by atoms with Gasteiger partial charge in [-0.25, -0.2) is 0 Å². The van der Waals surface area contributed by atoms with Gasteiger partial charge in [0.15, 0.2) is 0 Å². The average molecular weight is 215 g/mol. The highest BCUT2D eigenvalue weighted by Gasteiger charge is 2.16. The van der Waals surface area contributed by atoms with E-state index in [0.29, 0.717) is 0 Å². The van der Waals surface area contributed by atoms with Crippen LogP contribution in [-0.4, -0.2) is 25.0 Å². The second-order valence-corrected chi connectivity index (χ2v) is 4.88. The number of nitrogens with zero attached hydrogens (tertiary/aromatic N) is 1. The smallest absolute Gasteiger partial charge is 0.0193 e. The minimum Gasteiger partial charge on any atom is -0.302 e. The van der Waals surface area contributed by atoms with E-state index in [1.165, 1.54) is 29.7 Å². The fourth-order valence-corrected chi connectivity index (χ4v) is 2.53. The largest absolute Gasteiger partial charge is 0.302 e. The molecule has 0 aromatic carbocycles. The molecule has 86 valence electrons. The van der Waals surface area contributed by atoms with Crippen molar-refractivity contribution in [2.24, 2.45) is 0 Å². The summed E-state index contributed by atoms with van der Waals surface area (Å²) in [5.41, 5.74) is 5.97. The van der Waals surface area contributed by atoms with Gasteiger partial charge in [-0.15, -0.1) is 0 Å². The second-order valence-electron chi connectivity index (χ2n) is 4.88. The highest BCUT2D eigenvalue weighted by atomic mass is 15.1. The molecule has 16 heavy (non-hydrogen) atoms. The molecule has 1 heterocycles. The zero-order valence-corrected chi connectivity index (χ0v) is 10.6. The first-order valence-corrected chi connectivity index (χ1v) is 6.10. The minimum absolute atomic E-state index is 1.06. The molecule has 0 aromatic rings. The summed E-state index contributed by atoms with van der Waals surface area (Å²) in [7, 11) is 2.20. The van der Waals surface area contributed by atoms with Gasteiger partial charge in [0, 0.05) is 13.1 Å². The lowest BCUT2D eigenvalue weighted by Crippen LogP contribution is -2.27. The third-order valence-electron chi connectivity index (χ3n) is 3.44. The first-order valence-electron chi connectivity index (χ1n) is 6.10. The van der Waals surface area contributed by atoms with Gasteiger partial charge >= 0.3 is 0 Å². The lowest BCUT2D eigenvalue weighted by Gasteiger charge is -2.27. The molecule has 1 aliphatic heterocycles. The number of rotatable bonds is 1. The standard InChI is InChI=1S/C15H21N/c1-12-7-5-4-6-8-14(12)15-9-10-16(3)11-13(15)2/h5-8H,4,9-11H2,1-3H3. The summed E-state index contributed by atoms with van der Waals surface area (Å²) in [6.07, 6.45) is 11.3. The van der Waals surface area contributed by atoms with E-state index in [0.717, 1.165) is 13.0 Å². The Morgan fingerprint density at radius 3 is 2.62 bits per heavy atom. The van der Waals surface area contributed by atoms with Crippen molar-refractivity contribution < 1.29 is 0 Å². The first kappa shape index (κ1) is 11.4. The highest BCUT2D eigenvalue weighted by Crippen LogP contribution is 2.28. The Labute approximate surface area is 98.8 Å². The van der Waals surface area contributed by atoms with Gasteiger partial charge < -0.3 is 4.90 Å². The number of hydrogen-bond donors (Lipinski definition) is 0. The van der Waals surface area contributed by atoms with E-state index >= 15 is 0 Å². The third-order valence-corrected chi connectivity index (χ3v) is 3.44. The van der Waals surface area contributed by atoms with Crippen molar-refractivity contribution in [2.45, 2.75) is 26.7 Å². The van der Waals surface area contributed by atoms with Gasteiger partial charge in [0.1, 0.15) is 0 Å². The van der Waals surface area contributed by atoms with Crippen LogP contribution in [0, 0.1) is 0 Å². The maximum absolute atomic E-state index is 2.39. The lowest BCUT2D eigenvalue weighted by atomic mass is 9.91. The summed E-state index contributed by atoms with van der Waals surface area (Å²) in [5.74, 6) is 0. The van der Waals surface area contributed by atoms with Gasteiger partial charge in [-0.2, -0.15) is 0 Å². The van der Waals surface area contributed by atoms with Crippen LogP contribution >= 0.6 is 0 Å². The van der Waals surface area contributed by atoms with E-state index in [-0.39, 0.29) is 0 Å². The molecular weight excluding hydrogens is 194 g/mol. The number of hydrogen-bond acceptors (Lipinski definition) is 1. The molecule has 2 rings (SSSR count). The molecule has 1 nitrogen and oxygen atoms in total. The van der Waals surface area contributed by atoms with Crippen molar-refractivity contribution in [3.8, 4) is 0 Å². The van der Waals surface area contributed by atoms with Crippen LogP contribution in [0.3, 0.4) is 0 Å². The van der Waals surface area contributed by atoms with Crippen molar-refractivity contribution in [3.63, 3.8) is 0 Å². The molecule has 0 radical (unpaired) electrons. The van der Waals surface area contributed by atoms with E-state index in [1.54, 1.807) is 5.57 Å². The van der Waals surface area contributed by atoms with Crippen molar-refractivity contribution in [1.29, 1.82) is 0 Å². The fraction of sp³-hybridized carbons (Fsp3) is 0.467. The third kappa shape index (κ3) is 2.35. The van der Waals surface area contributed by atoms with E-state index in [4.69, 9.17) is 0 Å². The Bertz CT molecular complexity index is 394. The zero-order chi connectivity index (χ0) is 11.5. The van der Waals surface area contributed by atoms with Crippen molar-refractivity contribution in [2.75, 3.05) is 20.1 Å². The molecule has 1 heteroatoms. The average Bonchev–Trinajstić information content (AvgIpc) is 2.44. The molecule has 0 amide bonds. The summed E-state index contributed by atoms with van der Waals surface area (Å²) in [6.45, 7) is 6.79. The fourth-order valence-electron chi connectivity index (χ4n) is 2.53. The molecule has 0 spiro atoms. The molecule has 0 fully saturated rings. The molecule has 0 saturated carbocycles. The van der Waals surface area contributed by atoms with Gasteiger partial charge in [-0.05, 0) is 50.5 Å². The highest BCUT2D eigenvalue weighted by molar-refractivity contribution is 5.50. The van der Waals surface area contributed by atoms with Crippen LogP contribution in [-0.2, 0) is 0 Å². The van der Waals surface area contributed by atoms with Crippen LogP contribution in [0.25, 0.3) is 0 Å². The predicted molar refractivity (Wildman–Crippen MR) is 70.4 cm³/mol. The van der Waals surface area contributed by atoms with Crippen LogP contribution in [0.4, 0.5) is 0 Å². The molecule has 0 atom stereocenters. The lowest BCUT2D eigenvalue weighted by molar-refractivity contribution is 0.349. The monoisotopic (exact) mass is 215 g/mol. The Morgan fingerprint density at radius 2 is 1.88 bits per heavy atom. The number of likely N-dealkylation sites (N-methyl/N-ethyl adjacent to an activating group) is 1. The zero-order valence-electron chi connectivity index (χ0n) is 10.6. The van der Waals surface area contributed by atoms with Crippen molar-refractivity contribution in [3.05, 3.63) is 46.6 Å². The Hall–Kier alpha value is -1.08. The van der Waals surface area contributed by atoms with Crippen LogP contribution in [0.5, 0.6) is 0 Å². The van der Waals surface area contributed by atoms with Crippen molar-refractivity contribution in [1.82, 2.24) is 4.90 Å². The normalized spacial score (nSPS) is 22.9. The maximum Gasteiger partial charge on any atom is 0.0193 e. The van der Waals surface area contributed by atoms with Gasteiger partial charge in [-0.3, -0.25) is 0 Å². The first-order chi connectivity index (χ1) is 7.68. The maximum atomic E-state index is 2.39. The van der Waals surface area contributed by atoms with E-state index in [2.05, 4.69) is 50.1 Å². The molecule has 0 unspecified atom stereocenters. The Morgan fingerprint density at radius 1 is 1.12 bits per heavy atom. The van der Waals surface area contributed by atoms with Crippen LogP contribution < -0.4 is 0 Å². The topological polar surface area (TPSA) is 3.24 Å². The SMILES string of the molecule is CC1=C(C2=C(C)CN(C)CC2)C=CCC=C1. The molecule has 0 N–H and O–H groups in total. The summed E-state index contributed by atoms with van der Waals surface area (Å²) in [5, 5.41) is 0. The molecule has 0 bridgehead atoms. The van der Waals surface area contributed by atoms with Crippen LogP contribution in [0.1, 0.15) is 26.7 Å². The molecule has 1 aliphatic carbocycles. The molecule has 2 aliphatic rings. The quantitative estimate of drug-likeness (QED) is 0.647. The van der Waals surface area contributed by atoms with Gasteiger partial charge in [0.2, 0.25) is 0 Å². The molecule has 0 aromatic heterocycles. The summed E-state index contributed by atoms with van der Waals surface area (Å²) in [4.78, 5) is 2.39. The minimum atomic E-state index is 1.06. The van der Waals surface area contributed by atoms with E-state index < -0.39 is 0 Å². The molecule has 0 saturated heterocycles. The Balaban J connectivity index is 2.37. The Kier molecular flexibility index (Phi) is 3.45. The molecular formula is C15H21N.